The fourth-order valence-electron chi connectivity index (χ4n) is 4.20. The molecule has 2 fully saturated rings. The molecule has 4 atom stereocenters. The Morgan fingerprint density at radius 2 is 1.79 bits per heavy atom. The van der Waals surface area contributed by atoms with Crippen molar-refractivity contribution in [1.29, 1.82) is 0 Å². The van der Waals surface area contributed by atoms with E-state index in [9.17, 15) is 14.4 Å². The van der Waals surface area contributed by atoms with Crippen molar-refractivity contribution in [1.82, 2.24) is 4.90 Å². The second kappa shape index (κ2) is 5.47. The highest BCUT2D eigenvalue weighted by Crippen LogP contribution is 2.52. The van der Waals surface area contributed by atoms with Crippen molar-refractivity contribution in [3.05, 3.63) is 36.4 Å². The van der Waals surface area contributed by atoms with Crippen LogP contribution in [0.3, 0.4) is 0 Å². The number of anilines is 1. The monoisotopic (exact) mass is 326 g/mol. The van der Waals surface area contributed by atoms with Crippen LogP contribution in [0.5, 0.6) is 5.75 Å². The number of benzene rings is 1. The van der Waals surface area contributed by atoms with Crippen molar-refractivity contribution in [3.63, 3.8) is 0 Å². The fraction of sp³-hybridized carbons (Fsp3) is 0.389. The minimum Gasteiger partial charge on any atom is -0.495 e. The standard InChI is InChI=1S/C18H18N2O4/c1-24-13-5-3-2-4-12(13)19-14(21)9-20-17(22)15-10-6-7-11(8-10)16(15)18(20)23/h2-7,10-11,15-16H,8-9H2,1H3,(H,19,21)/t10-,11-,15-,16+/m0/s1. The van der Waals surface area contributed by atoms with E-state index in [1.807, 2.05) is 12.2 Å². The fourth-order valence-corrected chi connectivity index (χ4v) is 4.20. The summed E-state index contributed by atoms with van der Waals surface area (Å²) in [6.45, 7) is -0.248. The highest BCUT2D eigenvalue weighted by atomic mass is 16.5. The third kappa shape index (κ3) is 2.13. The molecule has 1 N–H and O–H groups in total. The van der Waals surface area contributed by atoms with Crippen molar-refractivity contribution >= 4 is 23.4 Å². The average molecular weight is 326 g/mol. The van der Waals surface area contributed by atoms with Crippen molar-refractivity contribution < 1.29 is 19.1 Å². The number of ether oxygens (including phenoxy) is 1. The predicted molar refractivity (Wildman–Crippen MR) is 86.1 cm³/mol. The van der Waals surface area contributed by atoms with E-state index < -0.39 is 5.91 Å². The quantitative estimate of drug-likeness (QED) is 0.671. The zero-order chi connectivity index (χ0) is 16.8. The van der Waals surface area contributed by atoms with Gasteiger partial charge in [0.25, 0.3) is 0 Å². The lowest BCUT2D eigenvalue weighted by atomic mass is 9.85. The van der Waals surface area contributed by atoms with Gasteiger partial charge in [0, 0.05) is 0 Å². The smallest absolute Gasteiger partial charge is 0.244 e. The Balaban J connectivity index is 1.47. The van der Waals surface area contributed by atoms with Crippen LogP contribution >= 0.6 is 0 Å². The Morgan fingerprint density at radius 1 is 1.17 bits per heavy atom. The molecule has 1 aliphatic heterocycles. The van der Waals surface area contributed by atoms with Crippen LogP contribution < -0.4 is 10.1 Å². The maximum absolute atomic E-state index is 12.6. The van der Waals surface area contributed by atoms with E-state index in [1.165, 1.54) is 7.11 Å². The van der Waals surface area contributed by atoms with Gasteiger partial charge in [0.1, 0.15) is 12.3 Å². The first-order valence-corrected chi connectivity index (χ1v) is 8.06. The minimum absolute atomic E-state index is 0.152. The van der Waals surface area contributed by atoms with E-state index >= 15 is 0 Å². The first kappa shape index (κ1) is 14.9. The van der Waals surface area contributed by atoms with E-state index in [1.54, 1.807) is 24.3 Å². The van der Waals surface area contributed by atoms with Crippen LogP contribution in [0, 0.1) is 23.7 Å². The summed E-state index contributed by atoms with van der Waals surface area (Å²) in [5.41, 5.74) is 0.519. The Bertz CT molecular complexity index is 727. The number of carbonyl (C=O) groups excluding carboxylic acids is 3. The van der Waals surface area contributed by atoms with Gasteiger partial charge in [0.05, 0.1) is 24.6 Å². The van der Waals surface area contributed by atoms with Gasteiger partial charge in [-0.05, 0) is 30.4 Å². The van der Waals surface area contributed by atoms with Crippen molar-refractivity contribution in [3.8, 4) is 5.75 Å². The van der Waals surface area contributed by atoms with E-state index in [2.05, 4.69) is 5.32 Å². The van der Waals surface area contributed by atoms with Gasteiger partial charge < -0.3 is 10.1 Å². The van der Waals surface area contributed by atoms with Gasteiger partial charge in [-0.1, -0.05) is 24.3 Å². The third-order valence-corrected chi connectivity index (χ3v) is 5.24. The first-order chi connectivity index (χ1) is 11.6. The summed E-state index contributed by atoms with van der Waals surface area (Å²) in [4.78, 5) is 38.5. The highest BCUT2D eigenvalue weighted by molar-refractivity contribution is 6.09. The summed E-state index contributed by atoms with van der Waals surface area (Å²) in [5.74, 6) is -0.532. The predicted octanol–water partition coefficient (Wildman–Crippen LogP) is 1.44. The van der Waals surface area contributed by atoms with Gasteiger partial charge in [-0.25, -0.2) is 0 Å². The summed E-state index contributed by atoms with van der Waals surface area (Å²) >= 11 is 0. The van der Waals surface area contributed by atoms with E-state index in [0.29, 0.717) is 11.4 Å². The van der Waals surface area contributed by atoms with Crippen molar-refractivity contribution in [2.75, 3.05) is 19.0 Å². The largest absolute Gasteiger partial charge is 0.495 e. The van der Waals surface area contributed by atoms with Crippen LogP contribution in [0.2, 0.25) is 0 Å². The third-order valence-electron chi connectivity index (χ3n) is 5.24. The molecule has 2 bridgehead atoms. The summed E-state index contributed by atoms with van der Waals surface area (Å²) in [6, 6.07) is 7.02. The van der Waals surface area contributed by atoms with Gasteiger partial charge in [-0.15, -0.1) is 0 Å². The number of amides is 3. The second-order valence-electron chi connectivity index (χ2n) is 6.51. The van der Waals surface area contributed by atoms with E-state index in [4.69, 9.17) is 4.74 Å². The average Bonchev–Trinajstić information content (AvgIpc) is 3.25. The molecule has 0 aromatic heterocycles. The maximum Gasteiger partial charge on any atom is 0.244 e. The van der Waals surface area contributed by atoms with E-state index in [0.717, 1.165) is 11.3 Å². The molecular formula is C18H18N2O4. The van der Waals surface area contributed by atoms with Crippen molar-refractivity contribution in [2.24, 2.45) is 23.7 Å². The molecule has 0 unspecified atom stereocenters. The molecule has 1 saturated carbocycles. The Morgan fingerprint density at radius 3 is 2.42 bits per heavy atom. The number of rotatable bonds is 4. The Hall–Kier alpha value is -2.63. The number of hydrogen-bond acceptors (Lipinski definition) is 4. The van der Waals surface area contributed by atoms with Gasteiger partial charge in [0.15, 0.2) is 0 Å². The summed E-state index contributed by atoms with van der Waals surface area (Å²) in [5, 5.41) is 2.71. The molecule has 6 nitrogen and oxygen atoms in total. The number of nitrogens with one attached hydrogen (secondary N) is 1. The molecule has 3 aliphatic rings. The summed E-state index contributed by atoms with van der Waals surface area (Å²) < 4.78 is 5.19. The molecule has 124 valence electrons. The number of methoxy groups -OCH3 is 1. The van der Waals surface area contributed by atoms with Crippen LogP contribution in [0.4, 0.5) is 5.69 Å². The van der Waals surface area contributed by atoms with Gasteiger partial charge in [0.2, 0.25) is 17.7 Å². The molecule has 1 aromatic carbocycles. The number of para-hydroxylation sites is 2. The molecule has 1 heterocycles. The highest BCUT2D eigenvalue weighted by Gasteiger charge is 2.59. The topological polar surface area (TPSA) is 75.7 Å². The van der Waals surface area contributed by atoms with Crippen molar-refractivity contribution in [2.45, 2.75) is 6.42 Å². The maximum atomic E-state index is 12.6. The molecule has 6 heteroatoms. The minimum atomic E-state index is -0.401. The molecule has 1 aromatic rings. The lowest BCUT2D eigenvalue weighted by Gasteiger charge is -2.17. The molecule has 24 heavy (non-hydrogen) atoms. The van der Waals surface area contributed by atoms with Crippen LogP contribution in [-0.2, 0) is 14.4 Å². The number of nitrogens with zero attached hydrogens (tertiary/aromatic N) is 1. The van der Waals surface area contributed by atoms with Crippen LogP contribution in [-0.4, -0.2) is 36.3 Å². The summed E-state index contributed by atoms with van der Waals surface area (Å²) in [6.07, 6.45) is 4.96. The van der Waals surface area contributed by atoms with Crippen LogP contribution in [0.15, 0.2) is 36.4 Å². The number of allylic oxidation sites excluding steroid dienone is 2. The molecular weight excluding hydrogens is 308 g/mol. The van der Waals surface area contributed by atoms with Gasteiger partial charge >= 0.3 is 0 Å². The molecule has 3 amide bonds. The number of likely N-dealkylation sites (tertiary alicyclic amines) is 1. The molecule has 0 spiro atoms. The van der Waals surface area contributed by atoms with E-state index in [-0.39, 0.29) is 42.0 Å². The number of hydrogen-bond donors (Lipinski definition) is 1. The molecule has 2 aliphatic carbocycles. The van der Waals surface area contributed by atoms with Gasteiger partial charge in [-0.2, -0.15) is 0 Å². The lowest BCUT2D eigenvalue weighted by molar-refractivity contribution is -0.143. The first-order valence-electron chi connectivity index (χ1n) is 8.06. The molecule has 0 radical (unpaired) electrons. The summed E-state index contributed by atoms with van der Waals surface area (Å²) in [7, 11) is 1.52. The lowest BCUT2D eigenvalue weighted by Crippen LogP contribution is -2.39. The Labute approximate surface area is 139 Å². The van der Waals surface area contributed by atoms with Crippen LogP contribution in [0.25, 0.3) is 0 Å². The number of carbonyl (C=O) groups is 3. The van der Waals surface area contributed by atoms with Crippen LogP contribution in [0.1, 0.15) is 6.42 Å². The normalized spacial score (nSPS) is 30.0. The molecule has 4 rings (SSSR count). The second-order valence-corrected chi connectivity index (χ2v) is 6.51. The molecule has 1 saturated heterocycles. The van der Waals surface area contributed by atoms with Gasteiger partial charge in [-0.3, -0.25) is 19.3 Å². The number of imide groups is 1. The Kier molecular flexibility index (Phi) is 3.40. The number of fused-ring (bicyclic) bond motifs is 5. The zero-order valence-corrected chi connectivity index (χ0v) is 13.3. The SMILES string of the molecule is COc1ccccc1NC(=O)CN1C(=O)[C@@H]2[C@H](C1=O)[C@H]1C=C[C@H]2C1. The zero-order valence-electron chi connectivity index (χ0n) is 13.3.